The van der Waals surface area contributed by atoms with E-state index in [1.807, 2.05) is 39.5 Å². The van der Waals surface area contributed by atoms with Gasteiger partial charge in [-0.1, -0.05) is 0 Å². The average molecular weight is 327 g/mol. The molecular weight excluding hydrogens is 294 g/mol. The molecule has 2 amide bonds. The van der Waals surface area contributed by atoms with Gasteiger partial charge in [0, 0.05) is 25.7 Å². The van der Waals surface area contributed by atoms with Crippen molar-refractivity contribution in [3.63, 3.8) is 0 Å². The first-order chi connectivity index (χ1) is 10.5. The van der Waals surface area contributed by atoms with E-state index >= 15 is 0 Å². The van der Waals surface area contributed by atoms with Crippen LogP contribution in [0.2, 0.25) is 0 Å². The Bertz CT molecular complexity index is 416. The largest absolute Gasteiger partial charge is 0.444 e. The quantitative estimate of drug-likeness (QED) is 0.859. The van der Waals surface area contributed by atoms with Gasteiger partial charge in [0.05, 0.1) is 6.04 Å². The van der Waals surface area contributed by atoms with Crippen LogP contribution in [-0.4, -0.2) is 59.1 Å². The number of amides is 2. The van der Waals surface area contributed by atoms with Gasteiger partial charge in [0.2, 0.25) is 5.91 Å². The SMILES string of the molecule is CC(C)N(C[C@@H]1CCCN(C(=O)OC(C)(C)C)C1)C(=O)[C@H](C)N. The lowest BCUT2D eigenvalue weighted by Gasteiger charge is -2.38. The standard InChI is InChI=1S/C17H33N3O3/c1-12(2)20(15(21)13(3)18)11-14-8-7-9-19(10-14)16(22)23-17(4,5)6/h12-14H,7-11,18H2,1-6H3/t13-,14+/m0/s1. The van der Waals surface area contributed by atoms with Crippen LogP contribution in [0.5, 0.6) is 0 Å². The molecule has 0 aromatic carbocycles. The van der Waals surface area contributed by atoms with Crippen molar-refractivity contribution in [2.75, 3.05) is 19.6 Å². The van der Waals surface area contributed by atoms with Crippen molar-refractivity contribution in [3.8, 4) is 0 Å². The lowest BCUT2D eigenvalue weighted by atomic mass is 9.97. The van der Waals surface area contributed by atoms with Gasteiger partial charge in [0.1, 0.15) is 5.60 Å². The minimum atomic E-state index is -0.497. The van der Waals surface area contributed by atoms with Crippen molar-refractivity contribution in [2.24, 2.45) is 11.7 Å². The van der Waals surface area contributed by atoms with Crippen molar-refractivity contribution in [1.29, 1.82) is 0 Å². The summed E-state index contributed by atoms with van der Waals surface area (Å²) in [7, 11) is 0. The number of carbonyl (C=O) groups is 2. The summed E-state index contributed by atoms with van der Waals surface area (Å²) >= 11 is 0. The van der Waals surface area contributed by atoms with Crippen LogP contribution in [0.15, 0.2) is 0 Å². The van der Waals surface area contributed by atoms with E-state index in [0.29, 0.717) is 19.6 Å². The zero-order chi connectivity index (χ0) is 17.8. The van der Waals surface area contributed by atoms with Crippen molar-refractivity contribution < 1.29 is 14.3 Å². The molecule has 6 nitrogen and oxygen atoms in total. The molecule has 0 unspecified atom stereocenters. The molecular formula is C17H33N3O3. The minimum Gasteiger partial charge on any atom is -0.444 e. The van der Waals surface area contributed by atoms with E-state index in [0.717, 1.165) is 12.8 Å². The van der Waals surface area contributed by atoms with Gasteiger partial charge in [0.15, 0.2) is 0 Å². The van der Waals surface area contributed by atoms with Crippen LogP contribution in [0.25, 0.3) is 0 Å². The van der Waals surface area contributed by atoms with Gasteiger partial charge < -0.3 is 20.3 Å². The molecule has 1 rings (SSSR count). The smallest absolute Gasteiger partial charge is 0.410 e. The zero-order valence-corrected chi connectivity index (χ0v) is 15.5. The molecule has 23 heavy (non-hydrogen) atoms. The van der Waals surface area contributed by atoms with Crippen molar-refractivity contribution in [3.05, 3.63) is 0 Å². The first-order valence-corrected chi connectivity index (χ1v) is 8.55. The number of carbonyl (C=O) groups excluding carboxylic acids is 2. The Morgan fingerprint density at radius 2 is 1.91 bits per heavy atom. The van der Waals surface area contributed by atoms with E-state index in [2.05, 4.69) is 0 Å². The number of likely N-dealkylation sites (tertiary alicyclic amines) is 1. The van der Waals surface area contributed by atoms with E-state index in [1.165, 1.54) is 0 Å². The molecule has 134 valence electrons. The van der Waals surface area contributed by atoms with Gasteiger partial charge in [-0.05, 0) is 60.3 Å². The highest BCUT2D eigenvalue weighted by atomic mass is 16.6. The summed E-state index contributed by atoms with van der Waals surface area (Å²) in [6.07, 6.45) is 1.67. The van der Waals surface area contributed by atoms with Crippen molar-refractivity contribution in [2.45, 2.75) is 72.1 Å². The third-order valence-corrected chi connectivity index (χ3v) is 3.92. The molecule has 1 saturated heterocycles. The fourth-order valence-electron chi connectivity index (χ4n) is 2.80. The fourth-order valence-corrected chi connectivity index (χ4v) is 2.80. The van der Waals surface area contributed by atoms with Crippen LogP contribution < -0.4 is 5.73 Å². The number of nitrogens with zero attached hydrogens (tertiary/aromatic N) is 2. The zero-order valence-electron chi connectivity index (χ0n) is 15.5. The second-order valence-electron chi connectivity index (χ2n) is 7.81. The molecule has 1 aliphatic rings. The summed E-state index contributed by atoms with van der Waals surface area (Å²) in [5, 5.41) is 0. The second kappa shape index (κ2) is 7.99. The predicted molar refractivity (Wildman–Crippen MR) is 91.0 cm³/mol. The summed E-state index contributed by atoms with van der Waals surface area (Å²) in [6.45, 7) is 13.3. The van der Waals surface area contributed by atoms with Crippen LogP contribution >= 0.6 is 0 Å². The van der Waals surface area contributed by atoms with Crippen LogP contribution in [0, 0.1) is 5.92 Å². The van der Waals surface area contributed by atoms with Crippen LogP contribution in [-0.2, 0) is 9.53 Å². The molecule has 1 aliphatic heterocycles. The molecule has 0 aromatic heterocycles. The molecule has 2 atom stereocenters. The predicted octanol–water partition coefficient (Wildman–Crippen LogP) is 2.22. The molecule has 0 aromatic rings. The highest BCUT2D eigenvalue weighted by Gasteiger charge is 2.30. The highest BCUT2D eigenvalue weighted by molar-refractivity contribution is 5.81. The Labute approximate surface area is 140 Å². The maximum atomic E-state index is 12.3. The fraction of sp³-hybridized carbons (Fsp3) is 0.882. The molecule has 0 radical (unpaired) electrons. The van der Waals surface area contributed by atoms with Gasteiger partial charge in [-0.2, -0.15) is 0 Å². The second-order valence-corrected chi connectivity index (χ2v) is 7.81. The summed E-state index contributed by atoms with van der Waals surface area (Å²) < 4.78 is 5.45. The number of hydrogen-bond donors (Lipinski definition) is 1. The van der Waals surface area contributed by atoms with E-state index in [1.54, 1.807) is 11.8 Å². The molecule has 6 heteroatoms. The normalized spacial score (nSPS) is 20.3. The van der Waals surface area contributed by atoms with Gasteiger partial charge in [-0.3, -0.25) is 4.79 Å². The van der Waals surface area contributed by atoms with E-state index in [9.17, 15) is 9.59 Å². The maximum absolute atomic E-state index is 12.3. The third kappa shape index (κ3) is 6.37. The molecule has 1 heterocycles. The van der Waals surface area contributed by atoms with E-state index in [-0.39, 0.29) is 24.0 Å². The molecule has 0 saturated carbocycles. The maximum Gasteiger partial charge on any atom is 0.410 e. The van der Waals surface area contributed by atoms with Gasteiger partial charge >= 0.3 is 6.09 Å². The van der Waals surface area contributed by atoms with Crippen molar-refractivity contribution >= 4 is 12.0 Å². The minimum absolute atomic E-state index is 0.0330. The Morgan fingerprint density at radius 3 is 2.39 bits per heavy atom. The number of rotatable bonds is 4. The number of hydrogen-bond acceptors (Lipinski definition) is 4. The molecule has 0 spiro atoms. The third-order valence-electron chi connectivity index (χ3n) is 3.92. The Balaban J connectivity index is 2.67. The van der Waals surface area contributed by atoms with Gasteiger partial charge in [0.25, 0.3) is 0 Å². The summed E-state index contributed by atoms with van der Waals surface area (Å²) in [5.74, 6) is 0.232. The Kier molecular flexibility index (Phi) is 6.86. The molecule has 1 fully saturated rings. The molecule has 0 bridgehead atoms. The Morgan fingerprint density at radius 1 is 1.30 bits per heavy atom. The lowest BCUT2D eigenvalue weighted by Crippen LogP contribution is -2.51. The van der Waals surface area contributed by atoms with Crippen LogP contribution in [0.4, 0.5) is 4.79 Å². The van der Waals surface area contributed by atoms with Crippen LogP contribution in [0.1, 0.15) is 54.4 Å². The number of ether oxygens (including phenoxy) is 1. The van der Waals surface area contributed by atoms with Gasteiger partial charge in [-0.25, -0.2) is 4.79 Å². The summed E-state index contributed by atoms with van der Waals surface area (Å²) in [4.78, 5) is 28.1. The number of nitrogens with two attached hydrogens (primary N) is 1. The number of piperidine rings is 1. The first kappa shape index (κ1) is 19.7. The first-order valence-electron chi connectivity index (χ1n) is 8.55. The van der Waals surface area contributed by atoms with Crippen molar-refractivity contribution in [1.82, 2.24) is 9.80 Å². The van der Waals surface area contributed by atoms with Gasteiger partial charge in [-0.15, -0.1) is 0 Å². The summed E-state index contributed by atoms with van der Waals surface area (Å²) in [6, 6.07) is -0.395. The Hall–Kier alpha value is -1.30. The molecule has 2 N–H and O–H groups in total. The van der Waals surface area contributed by atoms with E-state index in [4.69, 9.17) is 10.5 Å². The topological polar surface area (TPSA) is 75.9 Å². The monoisotopic (exact) mass is 327 g/mol. The lowest BCUT2D eigenvalue weighted by molar-refractivity contribution is -0.134. The highest BCUT2D eigenvalue weighted by Crippen LogP contribution is 2.21. The van der Waals surface area contributed by atoms with E-state index < -0.39 is 11.6 Å². The van der Waals surface area contributed by atoms with Crippen LogP contribution in [0.3, 0.4) is 0 Å². The average Bonchev–Trinajstić information content (AvgIpc) is 2.42. The summed E-state index contributed by atoms with van der Waals surface area (Å²) in [5.41, 5.74) is 5.26. The molecule has 0 aliphatic carbocycles.